The Morgan fingerprint density at radius 2 is 2.15 bits per heavy atom. The molecule has 2 aliphatic rings. The summed E-state index contributed by atoms with van der Waals surface area (Å²) in [5.41, 5.74) is 3.92. The van der Waals surface area contributed by atoms with E-state index < -0.39 is 0 Å². The summed E-state index contributed by atoms with van der Waals surface area (Å²) in [7, 11) is 0. The van der Waals surface area contributed by atoms with Gasteiger partial charge in [0.2, 0.25) is 0 Å². The first-order valence-electron chi connectivity index (χ1n) is 8.10. The normalized spacial score (nSPS) is 22.8. The number of anilines is 1. The van der Waals surface area contributed by atoms with Gasteiger partial charge in [-0.1, -0.05) is 13.8 Å². The van der Waals surface area contributed by atoms with Gasteiger partial charge in [-0.05, 0) is 44.6 Å². The van der Waals surface area contributed by atoms with E-state index in [1.807, 2.05) is 0 Å². The van der Waals surface area contributed by atoms with E-state index >= 15 is 0 Å². The van der Waals surface area contributed by atoms with Crippen LogP contribution in [0.25, 0.3) is 0 Å². The van der Waals surface area contributed by atoms with Gasteiger partial charge in [-0.3, -0.25) is 4.98 Å². The van der Waals surface area contributed by atoms with Crippen LogP contribution in [-0.4, -0.2) is 23.6 Å². The molecule has 2 fully saturated rings. The molecule has 1 atom stereocenters. The Kier molecular flexibility index (Phi) is 3.97. The molecule has 0 amide bonds. The van der Waals surface area contributed by atoms with Crippen molar-refractivity contribution in [1.29, 1.82) is 0 Å². The minimum absolute atomic E-state index is 0.691. The number of hydrogen-bond donors (Lipinski definition) is 1. The van der Waals surface area contributed by atoms with Gasteiger partial charge in [0.1, 0.15) is 0 Å². The van der Waals surface area contributed by atoms with Crippen LogP contribution in [0.3, 0.4) is 0 Å². The molecule has 1 saturated carbocycles. The lowest BCUT2D eigenvalue weighted by atomic mass is 10.0. The predicted octanol–water partition coefficient (Wildman–Crippen LogP) is 3.27. The molecule has 1 unspecified atom stereocenters. The number of rotatable bonds is 5. The van der Waals surface area contributed by atoms with E-state index in [1.165, 1.54) is 43.5 Å². The quantitative estimate of drug-likeness (QED) is 0.892. The topological polar surface area (TPSA) is 28.2 Å². The molecule has 1 aliphatic carbocycles. The molecule has 1 aliphatic heterocycles. The van der Waals surface area contributed by atoms with E-state index in [4.69, 9.17) is 0 Å². The highest BCUT2D eigenvalue weighted by molar-refractivity contribution is 5.55. The monoisotopic (exact) mass is 273 g/mol. The molecule has 2 heterocycles. The summed E-state index contributed by atoms with van der Waals surface area (Å²) in [6.45, 7) is 8.96. The molecule has 110 valence electrons. The van der Waals surface area contributed by atoms with Crippen molar-refractivity contribution in [3.8, 4) is 0 Å². The Morgan fingerprint density at radius 1 is 1.35 bits per heavy atom. The SMILES string of the molecule is Cc1cc(N2CCCC2C(C)C)c(CNC2CC2)cn1. The fourth-order valence-corrected chi connectivity index (χ4v) is 3.30. The van der Waals surface area contributed by atoms with Crippen LogP contribution in [0, 0.1) is 12.8 Å². The standard InChI is InChI=1S/C17H27N3/c1-12(2)16-5-4-8-20(16)17-9-13(3)18-10-14(17)11-19-15-6-7-15/h9-10,12,15-16,19H,4-8,11H2,1-3H3. The van der Waals surface area contributed by atoms with E-state index in [2.05, 4.69) is 48.2 Å². The molecule has 0 radical (unpaired) electrons. The number of hydrogen-bond acceptors (Lipinski definition) is 3. The number of pyridine rings is 1. The van der Waals surface area contributed by atoms with Crippen molar-refractivity contribution in [2.24, 2.45) is 5.92 Å². The molecular weight excluding hydrogens is 246 g/mol. The Hall–Kier alpha value is -1.09. The van der Waals surface area contributed by atoms with Crippen molar-refractivity contribution >= 4 is 5.69 Å². The van der Waals surface area contributed by atoms with Gasteiger partial charge in [0.15, 0.2) is 0 Å². The molecular formula is C17H27N3. The lowest BCUT2D eigenvalue weighted by molar-refractivity contribution is 0.490. The van der Waals surface area contributed by atoms with Crippen LogP contribution in [0.4, 0.5) is 5.69 Å². The zero-order valence-corrected chi connectivity index (χ0v) is 13.0. The second-order valence-corrected chi connectivity index (χ2v) is 6.76. The highest BCUT2D eigenvalue weighted by Crippen LogP contribution is 2.32. The van der Waals surface area contributed by atoms with Gasteiger partial charge in [0.25, 0.3) is 0 Å². The minimum atomic E-state index is 0.691. The van der Waals surface area contributed by atoms with Crippen molar-refractivity contribution in [2.45, 2.75) is 65.1 Å². The van der Waals surface area contributed by atoms with Gasteiger partial charge in [-0.15, -0.1) is 0 Å². The van der Waals surface area contributed by atoms with Gasteiger partial charge in [-0.2, -0.15) is 0 Å². The van der Waals surface area contributed by atoms with Crippen molar-refractivity contribution in [2.75, 3.05) is 11.4 Å². The summed E-state index contributed by atoms with van der Waals surface area (Å²) in [6.07, 6.45) is 7.41. The van der Waals surface area contributed by atoms with Crippen LogP contribution in [0.5, 0.6) is 0 Å². The number of aryl methyl sites for hydroxylation is 1. The molecule has 3 heteroatoms. The van der Waals surface area contributed by atoms with E-state index in [9.17, 15) is 0 Å². The summed E-state index contributed by atoms with van der Waals surface area (Å²) >= 11 is 0. The second-order valence-electron chi connectivity index (χ2n) is 6.76. The molecule has 1 N–H and O–H groups in total. The molecule has 1 saturated heterocycles. The zero-order valence-electron chi connectivity index (χ0n) is 13.0. The van der Waals surface area contributed by atoms with Gasteiger partial charge in [0, 0.05) is 48.3 Å². The smallest absolute Gasteiger partial charge is 0.0448 e. The molecule has 20 heavy (non-hydrogen) atoms. The van der Waals surface area contributed by atoms with E-state index in [-0.39, 0.29) is 0 Å². The Labute approximate surface area is 122 Å². The predicted molar refractivity (Wildman–Crippen MR) is 84.0 cm³/mol. The third-order valence-corrected chi connectivity index (χ3v) is 4.64. The lowest BCUT2D eigenvalue weighted by Gasteiger charge is -2.31. The average molecular weight is 273 g/mol. The van der Waals surface area contributed by atoms with Crippen LogP contribution < -0.4 is 10.2 Å². The summed E-state index contributed by atoms with van der Waals surface area (Å²) in [6, 6.07) is 3.73. The van der Waals surface area contributed by atoms with Crippen molar-refractivity contribution in [1.82, 2.24) is 10.3 Å². The first-order chi connectivity index (χ1) is 9.65. The molecule has 1 aromatic heterocycles. The van der Waals surface area contributed by atoms with Crippen molar-refractivity contribution in [3.63, 3.8) is 0 Å². The van der Waals surface area contributed by atoms with E-state index in [0.29, 0.717) is 6.04 Å². The summed E-state index contributed by atoms with van der Waals surface area (Å²) in [5.74, 6) is 0.718. The molecule has 0 spiro atoms. The first kappa shape index (κ1) is 13.9. The minimum Gasteiger partial charge on any atom is -0.368 e. The maximum atomic E-state index is 4.51. The molecule has 0 bridgehead atoms. The fourth-order valence-electron chi connectivity index (χ4n) is 3.30. The largest absolute Gasteiger partial charge is 0.368 e. The van der Waals surface area contributed by atoms with Gasteiger partial charge in [0.05, 0.1) is 0 Å². The number of nitrogens with one attached hydrogen (secondary N) is 1. The third kappa shape index (κ3) is 2.98. The highest BCUT2D eigenvalue weighted by Gasteiger charge is 2.29. The van der Waals surface area contributed by atoms with Crippen LogP contribution in [0.1, 0.15) is 50.8 Å². The number of nitrogens with zero attached hydrogens (tertiary/aromatic N) is 2. The zero-order chi connectivity index (χ0) is 14.1. The molecule has 3 nitrogen and oxygen atoms in total. The maximum absolute atomic E-state index is 4.51. The van der Waals surface area contributed by atoms with Crippen LogP contribution in [-0.2, 0) is 6.54 Å². The summed E-state index contributed by atoms with van der Waals surface area (Å²) < 4.78 is 0. The van der Waals surface area contributed by atoms with Crippen LogP contribution in [0.2, 0.25) is 0 Å². The van der Waals surface area contributed by atoms with Crippen LogP contribution >= 0.6 is 0 Å². The van der Waals surface area contributed by atoms with Gasteiger partial charge in [-0.25, -0.2) is 0 Å². The summed E-state index contributed by atoms with van der Waals surface area (Å²) in [4.78, 5) is 7.14. The molecule has 0 aromatic carbocycles. The first-order valence-corrected chi connectivity index (χ1v) is 8.10. The molecule has 3 rings (SSSR count). The fraction of sp³-hybridized carbons (Fsp3) is 0.706. The van der Waals surface area contributed by atoms with Gasteiger partial charge < -0.3 is 10.2 Å². The Balaban J connectivity index is 1.83. The van der Waals surface area contributed by atoms with Crippen molar-refractivity contribution < 1.29 is 0 Å². The molecule has 1 aromatic rings. The highest BCUT2D eigenvalue weighted by atomic mass is 15.2. The van der Waals surface area contributed by atoms with Crippen LogP contribution in [0.15, 0.2) is 12.3 Å². The van der Waals surface area contributed by atoms with Crippen molar-refractivity contribution in [3.05, 3.63) is 23.5 Å². The lowest BCUT2D eigenvalue weighted by Crippen LogP contribution is -2.34. The Morgan fingerprint density at radius 3 is 2.85 bits per heavy atom. The third-order valence-electron chi connectivity index (χ3n) is 4.64. The summed E-state index contributed by atoms with van der Waals surface area (Å²) in [5, 5.41) is 3.63. The van der Waals surface area contributed by atoms with Gasteiger partial charge >= 0.3 is 0 Å². The maximum Gasteiger partial charge on any atom is 0.0448 e. The average Bonchev–Trinajstić information content (AvgIpc) is 3.11. The van der Waals surface area contributed by atoms with E-state index in [0.717, 1.165) is 24.2 Å². The van der Waals surface area contributed by atoms with E-state index in [1.54, 1.807) is 0 Å². The number of aromatic nitrogens is 1. The second kappa shape index (κ2) is 5.72. The Bertz CT molecular complexity index is 465.